The lowest BCUT2D eigenvalue weighted by molar-refractivity contribution is 1.30. The maximum atomic E-state index is 5.36. The van der Waals surface area contributed by atoms with Crippen LogP contribution in [-0.2, 0) is 5.75 Å². The molecule has 0 unspecified atom stereocenters. The van der Waals surface area contributed by atoms with Crippen molar-refractivity contribution in [3.63, 3.8) is 0 Å². The van der Waals surface area contributed by atoms with Crippen molar-refractivity contribution >= 4 is 23.1 Å². The molecule has 2 aromatic rings. The molecule has 0 aliphatic heterocycles. The number of thiophene rings is 1. The lowest BCUT2D eigenvalue weighted by Crippen LogP contribution is -1.92. The Kier molecular flexibility index (Phi) is 4.89. The zero-order chi connectivity index (χ0) is 12.8. The number of rotatable bonds is 3. The topological polar surface area (TPSA) is 26.0 Å². The first kappa shape index (κ1) is 13.2. The van der Waals surface area contributed by atoms with E-state index in [9.17, 15) is 0 Å². The molecular weight excluding hydrogens is 258 g/mol. The molecule has 0 saturated heterocycles. The zero-order valence-corrected chi connectivity index (χ0v) is 11.9. The van der Waals surface area contributed by atoms with Gasteiger partial charge in [-0.25, -0.2) is 0 Å². The van der Waals surface area contributed by atoms with Crippen LogP contribution in [0.3, 0.4) is 0 Å². The lowest BCUT2D eigenvalue weighted by Gasteiger charge is -2.03. The Hall–Kier alpha value is -1.21. The van der Waals surface area contributed by atoms with Gasteiger partial charge in [-0.2, -0.15) is 0 Å². The van der Waals surface area contributed by atoms with Crippen molar-refractivity contribution in [3.8, 4) is 11.8 Å². The molecule has 0 amide bonds. The van der Waals surface area contributed by atoms with Crippen LogP contribution in [0, 0.1) is 18.8 Å². The van der Waals surface area contributed by atoms with Crippen molar-refractivity contribution in [2.75, 3.05) is 6.54 Å². The van der Waals surface area contributed by atoms with Crippen molar-refractivity contribution in [3.05, 3.63) is 51.7 Å². The fourth-order valence-corrected chi connectivity index (χ4v) is 3.48. The molecule has 0 fully saturated rings. The van der Waals surface area contributed by atoms with Crippen LogP contribution in [0.25, 0.3) is 0 Å². The Bertz CT molecular complexity index is 575. The van der Waals surface area contributed by atoms with Crippen molar-refractivity contribution in [1.82, 2.24) is 0 Å². The van der Waals surface area contributed by atoms with E-state index in [0.717, 1.165) is 10.6 Å². The second-order valence-corrected chi connectivity index (χ2v) is 6.01. The molecule has 1 aromatic heterocycles. The van der Waals surface area contributed by atoms with Gasteiger partial charge in [0.25, 0.3) is 0 Å². The Balaban J connectivity index is 1.98. The highest BCUT2D eigenvalue weighted by atomic mass is 32.2. The summed E-state index contributed by atoms with van der Waals surface area (Å²) < 4.78 is 0. The van der Waals surface area contributed by atoms with Gasteiger partial charge in [-0.15, -0.1) is 23.1 Å². The molecule has 0 spiro atoms. The molecular formula is C15H15NS2. The van der Waals surface area contributed by atoms with Gasteiger partial charge in [-0.1, -0.05) is 30.0 Å². The molecule has 3 heteroatoms. The van der Waals surface area contributed by atoms with Gasteiger partial charge >= 0.3 is 0 Å². The molecule has 0 aliphatic carbocycles. The van der Waals surface area contributed by atoms with E-state index in [-0.39, 0.29) is 0 Å². The van der Waals surface area contributed by atoms with E-state index in [4.69, 9.17) is 5.73 Å². The van der Waals surface area contributed by atoms with Gasteiger partial charge in [0.05, 0.1) is 11.4 Å². The van der Waals surface area contributed by atoms with E-state index < -0.39 is 0 Å². The molecule has 0 atom stereocenters. The minimum absolute atomic E-state index is 0.422. The Morgan fingerprint density at radius 3 is 2.83 bits per heavy atom. The fraction of sp³-hybridized carbons (Fsp3) is 0.200. The van der Waals surface area contributed by atoms with Crippen molar-refractivity contribution < 1.29 is 0 Å². The van der Waals surface area contributed by atoms with E-state index >= 15 is 0 Å². The van der Waals surface area contributed by atoms with Crippen LogP contribution in [0.1, 0.15) is 15.3 Å². The van der Waals surface area contributed by atoms with Crippen molar-refractivity contribution in [2.45, 2.75) is 17.6 Å². The molecule has 92 valence electrons. The van der Waals surface area contributed by atoms with E-state index in [0.29, 0.717) is 6.54 Å². The average molecular weight is 273 g/mol. The summed E-state index contributed by atoms with van der Waals surface area (Å²) in [5.41, 5.74) is 6.70. The lowest BCUT2D eigenvalue weighted by atomic mass is 10.2. The third-order valence-electron chi connectivity index (χ3n) is 2.44. The standard InChI is InChI=1S/C15H15NS2/c1-12-5-2-3-7-15(12)17-11-14-9-8-13(18-14)6-4-10-16/h2-3,5,7-9H,10-11,16H2,1H3. The highest BCUT2D eigenvalue weighted by molar-refractivity contribution is 7.98. The van der Waals surface area contributed by atoms with Gasteiger partial charge < -0.3 is 5.73 Å². The molecule has 0 aliphatic rings. The maximum absolute atomic E-state index is 5.36. The smallest absolute Gasteiger partial charge is 0.0772 e. The summed E-state index contributed by atoms with van der Waals surface area (Å²) >= 11 is 3.62. The number of thioether (sulfide) groups is 1. The normalized spacial score (nSPS) is 9.89. The summed E-state index contributed by atoms with van der Waals surface area (Å²) in [6, 6.07) is 12.7. The van der Waals surface area contributed by atoms with E-state index in [1.165, 1.54) is 15.3 Å². The second-order valence-electron chi connectivity index (χ2n) is 3.83. The van der Waals surface area contributed by atoms with Gasteiger partial charge in [-0.05, 0) is 30.7 Å². The average Bonchev–Trinajstić information content (AvgIpc) is 2.83. The second kappa shape index (κ2) is 6.65. The highest BCUT2D eigenvalue weighted by Gasteiger charge is 2.01. The third kappa shape index (κ3) is 3.64. The number of benzene rings is 1. The maximum Gasteiger partial charge on any atom is 0.0772 e. The van der Waals surface area contributed by atoms with Gasteiger partial charge in [-0.3, -0.25) is 0 Å². The Morgan fingerprint density at radius 2 is 2.06 bits per heavy atom. The van der Waals surface area contributed by atoms with Crippen LogP contribution in [0.2, 0.25) is 0 Å². The third-order valence-corrected chi connectivity index (χ3v) is 4.85. The Morgan fingerprint density at radius 1 is 1.22 bits per heavy atom. The zero-order valence-electron chi connectivity index (χ0n) is 10.3. The minimum atomic E-state index is 0.422. The highest BCUT2D eigenvalue weighted by Crippen LogP contribution is 2.28. The molecule has 1 nitrogen and oxygen atoms in total. The van der Waals surface area contributed by atoms with Crippen LogP contribution in [0.4, 0.5) is 0 Å². The molecule has 0 saturated carbocycles. The summed E-state index contributed by atoms with van der Waals surface area (Å²) in [6.45, 7) is 2.57. The number of hydrogen-bond donors (Lipinski definition) is 1. The summed E-state index contributed by atoms with van der Waals surface area (Å²) in [5, 5.41) is 0. The molecule has 2 rings (SSSR count). The van der Waals surface area contributed by atoms with Crippen LogP contribution in [0.5, 0.6) is 0 Å². The molecule has 1 heterocycles. The van der Waals surface area contributed by atoms with Crippen LogP contribution >= 0.6 is 23.1 Å². The summed E-state index contributed by atoms with van der Waals surface area (Å²) in [7, 11) is 0. The van der Waals surface area contributed by atoms with Crippen molar-refractivity contribution in [2.24, 2.45) is 5.73 Å². The monoisotopic (exact) mass is 273 g/mol. The van der Waals surface area contributed by atoms with Crippen LogP contribution in [0.15, 0.2) is 41.3 Å². The quantitative estimate of drug-likeness (QED) is 0.682. The van der Waals surface area contributed by atoms with E-state index in [1.807, 2.05) is 11.8 Å². The summed E-state index contributed by atoms with van der Waals surface area (Å²) in [6.07, 6.45) is 0. The molecule has 2 N–H and O–H groups in total. The molecule has 0 radical (unpaired) electrons. The van der Waals surface area contributed by atoms with Crippen LogP contribution in [-0.4, -0.2) is 6.54 Å². The number of nitrogens with two attached hydrogens (primary N) is 1. The molecule has 1 aromatic carbocycles. The van der Waals surface area contributed by atoms with E-state index in [1.54, 1.807) is 11.3 Å². The number of aryl methyl sites for hydroxylation is 1. The minimum Gasteiger partial charge on any atom is -0.320 e. The Labute approximate surface area is 116 Å². The van der Waals surface area contributed by atoms with E-state index in [2.05, 4.69) is 55.2 Å². The molecule has 18 heavy (non-hydrogen) atoms. The van der Waals surface area contributed by atoms with Gasteiger partial charge in [0.15, 0.2) is 0 Å². The SMILES string of the molecule is Cc1ccccc1SCc1ccc(C#CCN)s1. The van der Waals surface area contributed by atoms with Crippen LogP contribution < -0.4 is 5.73 Å². The summed E-state index contributed by atoms with van der Waals surface area (Å²) in [5.74, 6) is 6.95. The predicted molar refractivity (Wildman–Crippen MR) is 81.0 cm³/mol. The summed E-state index contributed by atoms with van der Waals surface area (Å²) in [4.78, 5) is 3.80. The molecule has 0 bridgehead atoms. The van der Waals surface area contributed by atoms with Crippen molar-refractivity contribution in [1.29, 1.82) is 0 Å². The first-order valence-electron chi connectivity index (χ1n) is 5.75. The van der Waals surface area contributed by atoms with Gasteiger partial charge in [0.1, 0.15) is 0 Å². The van der Waals surface area contributed by atoms with Gasteiger partial charge in [0, 0.05) is 15.5 Å². The number of hydrogen-bond acceptors (Lipinski definition) is 3. The predicted octanol–water partition coefficient (Wildman–Crippen LogP) is 3.66. The fourth-order valence-electron chi connectivity index (χ4n) is 1.53. The largest absolute Gasteiger partial charge is 0.320 e. The van der Waals surface area contributed by atoms with Gasteiger partial charge in [0.2, 0.25) is 0 Å². The first-order chi connectivity index (χ1) is 8.79. The first-order valence-corrected chi connectivity index (χ1v) is 7.56.